The molecule has 4 rings (SSSR count). The van der Waals surface area contributed by atoms with Crippen molar-refractivity contribution in [2.75, 3.05) is 13.2 Å². The van der Waals surface area contributed by atoms with Gasteiger partial charge in [0.05, 0.1) is 13.2 Å². The molecule has 1 aliphatic heterocycles. The van der Waals surface area contributed by atoms with Crippen LogP contribution in [-0.2, 0) is 22.5 Å². The fourth-order valence-corrected chi connectivity index (χ4v) is 3.21. The number of carbonyl (C=O) groups is 1. The predicted molar refractivity (Wildman–Crippen MR) is 103 cm³/mol. The van der Waals surface area contributed by atoms with Crippen LogP contribution in [0.4, 0.5) is 0 Å². The second-order valence-electron chi connectivity index (χ2n) is 6.78. The number of aromatic amines is 1. The van der Waals surface area contributed by atoms with Crippen LogP contribution in [0, 0.1) is 0 Å². The van der Waals surface area contributed by atoms with Gasteiger partial charge in [0.2, 0.25) is 11.8 Å². The molecule has 1 saturated heterocycles. The molecule has 1 unspecified atom stereocenters. The van der Waals surface area contributed by atoms with Crippen molar-refractivity contribution in [2.45, 2.75) is 31.9 Å². The summed E-state index contributed by atoms with van der Waals surface area (Å²) in [5.41, 5.74) is 3.25. The van der Waals surface area contributed by atoms with Crippen LogP contribution in [0.1, 0.15) is 24.0 Å². The van der Waals surface area contributed by atoms with Gasteiger partial charge in [-0.2, -0.15) is 0 Å². The molecule has 6 nitrogen and oxygen atoms in total. The largest absolute Gasteiger partial charge is 0.472 e. The molecular weight excluding hydrogens is 342 g/mol. The minimum atomic E-state index is 0.0349. The maximum atomic E-state index is 12.2. The highest BCUT2D eigenvalue weighted by atomic mass is 16.5. The van der Waals surface area contributed by atoms with Gasteiger partial charge in [-0.3, -0.25) is 4.79 Å². The topological polar surface area (TPSA) is 76.2 Å². The van der Waals surface area contributed by atoms with Crippen LogP contribution in [0.15, 0.2) is 48.8 Å². The normalized spacial score (nSPS) is 16.5. The average Bonchev–Trinajstić information content (AvgIpc) is 3.36. The number of ether oxygens (including phenoxy) is 2. The SMILES string of the molecule is O=C(CCc1ccc2[nH]ccc2c1)NCc1ccnc(OC2CCOC2)c1. The lowest BCUT2D eigenvalue weighted by atomic mass is 10.1. The van der Waals surface area contributed by atoms with E-state index in [-0.39, 0.29) is 12.0 Å². The molecule has 6 heteroatoms. The van der Waals surface area contributed by atoms with Crippen LogP contribution in [0.25, 0.3) is 10.9 Å². The number of rotatable bonds is 7. The maximum Gasteiger partial charge on any atom is 0.220 e. The van der Waals surface area contributed by atoms with Crippen LogP contribution in [0.2, 0.25) is 0 Å². The number of nitrogens with one attached hydrogen (secondary N) is 2. The lowest BCUT2D eigenvalue weighted by molar-refractivity contribution is -0.121. The molecule has 3 heterocycles. The van der Waals surface area contributed by atoms with Crippen molar-refractivity contribution in [1.29, 1.82) is 0 Å². The standard InChI is InChI=1S/C21H23N3O3/c25-20(4-2-15-1-3-19-17(11-15)6-9-22-19)24-13-16-5-8-23-21(12-16)27-18-7-10-26-14-18/h1,3,5-6,8-9,11-12,18,22H,2,4,7,10,13-14H2,(H,24,25). The number of hydrogen-bond donors (Lipinski definition) is 2. The summed E-state index contributed by atoms with van der Waals surface area (Å²) in [4.78, 5) is 19.6. The lowest BCUT2D eigenvalue weighted by Gasteiger charge is -2.12. The van der Waals surface area contributed by atoms with Crippen LogP contribution >= 0.6 is 0 Å². The second kappa shape index (κ2) is 8.22. The van der Waals surface area contributed by atoms with E-state index >= 15 is 0 Å². The Balaban J connectivity index is 1.26. The number of aryl methyl sites for hydroxylation is 1. The molecule has 27 heavy (non-hydrogen) atoms. The van der Waals surface area contributed by atoms with Crippen LogP contribution in [-0.4, -0.2) is 35.2 Å². The highest BCUT2D eigenvalue weighted by molar-refractivity contribution is 5.80. The summed E-state index contributed by atoms with van der Waals surface area (Å²) in [6, 6.07) is 12.0. The lowest BCUT2D eigenvalue weighted by Crippen LogP contribution is -2.23. The zero-order valence-electron chi connectivity index (χ0n) is 15.1. The van der Waals surface area contributed by atoms with E-state index in [1.807, 2.05) is 24.4 Å². The van der Waals surface area contributed by atoms with Crippen molar-refractivity contribution in [3.63, 3.8) is 0 Å². The number of aromatic nitrogens is 2. The van der Waals surface area contributed by atoms with E-state index in [4.69, 9.17) is 9.47 Å². The van der Waals surface area contributed by atoms with Gasteiger partial charge in [0.15, 0.2) is 0 Å². The number of nitrogens with zero attached hydrogens (tertiary/aromatic N) is 1. The fraction of sp³-hybridized carbons (Fsp3) is 0.333. The zero-order valence-corrected chi connectivity index (χ0v) is 15.1. The molecule has 140 valence electrons. The van der Waals surface area contributed by atoms with Gasteiger partial charge in [-0.25, -0.2) is 4.98 Å². The van der Waals surface area contributed by atoms with Gasteiger partial charge in [0, 0.05) is 43.4 Å². The molecule has 0 saturated carbocycles. The molecule has 0 bridgehead atoms. The Kier molecular flexibility index (Phi) is 5.34. The first-order valence-electron chi connectivity index (χ1n) is 9.28. The van der Waals surface area contributed by atoms with Crippen molar-refractivity contribution in [3.8, 4) is 5.88 Å². The summed E-state index contributed by atoms with van der Waals surface area (Å²) in [7, 11) is 0. The van der Waals surface area contributed by atoms with E-state index in [1.54, 1.807) is 6.20 Å². The number of pyridine rings is 1. The summed E-state index contributed by atoms with van der Waals surface area (Å²) in [6.45, 7) is 1.81. The summed E-state index contributed by atoms with van der Waals surface area (Å²) in [5.74, 6) is 0.615. The molecule has 0 spiro atoms. The van der Waals surface area contributed by atoms with Crippen molar-refractivity contribution < 1.29 is 14.3 Å². The van der Waals surface area contributed by atoms with E-state index in [0.29, 0.717) is 25.5 Å². The highest BCUT2D eigenvalue weighted by Crippen LogP contribution is 2.17. The average molecular weight is 365 g/mol. The van der Waals surface area contributed by atoms with Crippen molar-refractivity contribution in [3.05, 3.63) is 59.9 Å². The second-order valence-corrected chi connectivity index (χ2v) is 6.78. The molecule has 1 aromatic carbocycles. The van der Waals surface area contributed by atoms with Gasteiger partial charge in [0.25, 0.3) is 0 Å². The van der Waals surface area contributed by atoms with E-state index < -0.39 is 0 Å². The van der Waals surface area contributed by atoms with E-state index in [1.165, 1.54) is 5.39 Å². The van der Waals surface area contributed by atoms with Gasteiger partial charge in [0.1, 0.15) is 6.10 Å². The summed E-state index contributed by atoms with van der Waals surface area (Å²) in [6.07, 6.45) is 5.77. The van der Waals surface area contributed by atoms with Gasteiger partial charge in [-0.05, 0) is 47.2 Å². The summed E-state index contributed by atoms with van der Waals surface area (Å²) >= 11 is 0. The maximum absolute atomic E-state index is 12.2. The Morgan fingerprint density at radius 3 is 3.11 bits per heavy atom. The van der Waals surface area contributed by atoms with Gasteiger partial charge in [-0.15, -0.1) is 0 Å². The third-order valence-corrected chi connectivity index (χ3v) is 4.72. The number of fused-ring (bicyclic) bond motifs is 1. The Morgan fingerprint density at radius 2 is 2.22 bits per heavy atom. The summed E-state index contributed by atoms with van der Waals surface area (Å²) in [5, 5.41) is 4.14. The van der Waals surface area contributed by atoms with Gasteiger partial charge < -0.3 is 19.8 Å². The fourth-order valence-electron chi connectivity index (χ4n) is 3.21. The Hall–Kier alpha value is -2.86. The molecule has 1 fully saturated rings. The smallest absolute Gasteiger partial charge is 0.220 e. The monoisotopic (exact) mass is 365 g/mol. The Bertz CT molecular complexity index is 916. The minimum Gasteiger partial charge on any atom is -0.472 e. The molecule has 2 N–H and O–H groups in total. The molecular formula is C21H23N3O3. The van der Waals surface area contributed by atoms with E-state index in [2.05, 4.69) is 33.5 Å². The van der Waals surface area contributed by atoms with Gasteiger partial charge in [-0.1, -0.05) is 6.07 Å². The number of hydrogen-bond acceptors (Lipinski definition) is 4. The number of carbonyl (C=O) groups excluding carboxylic acids is 1. The third-order valence-electron chi connectivity index (χ3n) is 4.72. The molecule has 1 atom stereocenters. The molecule has 2 aromatic heterocycles. The van der Waals surface area contributed by atoms with Crippen molar-refractivity contribution in [2.24, 2.45) is 0 Å². The number of amides is 1. The Labute approximate surface area is 157 Å². The quantitative estimate of drug-likeness (QED) is 0.675. The van der Waals surface area contributed by atoms with Crippen LogP contribution in [0.3, 0.4) is 0 Å². The highest BCUT2D eigenvalue weighted by Gasteiger charge is 2.17. The van der Waals surface area contributed by atoms with Crippen LogP contribution in [0.5, 0.6) is 5.88 Å². The number of benzene rings is 1. The molecule has 3 aromatic rings. The van der Waals surface area contributed by atoms with E-state index in [9.17, 15) is 4.79 Å². The van der Waals surface area contributed by atoms with Crippen LogP contribution < -0.4 is 10.1 Å². The predicted octanol–water partition coefficient (Wildman–Crippen LogP) is 2.98. The molecule has 1 amide bonds. The first-order valence-corrected chi connectivity index (χ1v) is 9.28. The van der Waals surface area contributed by atoms with Crippen molar-refractivity contribution >= 4 is 16.8 Å². The summed E-state index contributed by atoms with van der Waals surface area (Å²) < 4.78 is 11.1. The molecule has 0 radical (unpaired) electrons. The minimum absolute atomic E-state index is 0.0349. The van der Waals surface area contributed by atoms with E-state index in [0.717, 1.165) is 36.1 Å². The molecule has 1 aliphatic rings. The third kappa shape index (κ3) is 4.65. The first kappa shape index (κ1) is 17.5. The number of H-pyrrole nitrogens is 1. The molecule has 0 aliphatic carbocycles. The van der Waals surface area contributed by atoms with Crippen molar-refractivity contribution in [1.82, 2.24) is 15.3 Å². The zero-order chi connectivity index (χ0) is 18.5. The van der Waals surface area contributed by atoms with Gasteiger partial charge >= 0.3 is 0 Å². The Morgan fingerprint density at radius 1 is 1.26 bits per heavy atom. The first-order chi connectivity index (χ1) is 13.3.